The van der Waals surface area contributed by atoms with Gasteiger partial charge >= 0.3 is 5.97 Å². The molecule has 0 rings (SSSR count). The van der Waals surface area contributed by atoms with Crippen LogP contribution in [0, 0.1) is 0 Å². The van der Waals surface area contributed by atoms with Gasteiger partial charge in [-0.3, -0.25) is 0 Å². The summed E-state index contributed by atoms with van der Waals surface area (Å²) in [5.41, 5.74) is 0. The first-order valence-corrected chi connectivity index (χ1v) is 2.85. The van der Waals surface area contributed by atoms with Crippen LogP contribution in [0.25, 0.3) is 0 Å². The SMILES string of the molecule is C=CC(=O)O.C=CC(O)CO. The predicted octanol–water partition coefficient (Wildman–Crippen LogP) is -0.217. The van der Waals surface area contributed by atoms with Crippen molar-refractivity contribution < 1.29 is 20.1 Å². The van der Waals surface area contributed by atoms with E-state index in [1.165, 1.54) is 6.08 Å². The Labute approximate surface area is 65.1 Å². The third-order valence-corrected chi connectivity index (χ3v) is 0.634. The monoisotopic (exact) mass is 160 g/mol. The maximum atomic E-state index is 9.25. The molecule has 0 aromatic carbocycles. The number of hydrogen-bond acceptors (Lipinski definition) is 3. The minimum absolute atomic E-state index is 0.233. The van der Waals surface area contributed by atoms with Crippen molar-refractivity contribution in [3.63, 3.8) is 0 Å². The van der Waals surface area contributed by atoms with Crippen molar-refractivity contribution in [2.24, 2.45) is 0 Å². The molecule has 0 aliphatic carbocycles. The fraction of sp³-hybridized carbons (Fsp3) is 0.286. The van der Waals surface area contributed by atoms with E-state index in [0.717, 1.165) is 6.08 Å². The number of carbonyl (C=O) groups is 1. The molecule has 64 valence electrons. The maximum absolute atomic E-state index is 9.25. The Morgan fingerprint density at radius 2 is 1.91 bits per heavy atom. The number of aliphatic carboxylic acids is 1. The number of carboxylic acids is 1. The fourth-order valence-corrected chi connectivity index (χ4v) is 0.0745. The quantitative estimate of drug-likeness (QED) is 0.394. The molecule has 0 heterocycles. The molecule has 3 N–H and O–H groups in total. The molecule has 0 saturated heterocycles. The van der Waals surface area contributed by atoms with Crippen LogP contribution in [0.15, 0.2) is 25.3 Å². The Kier molecular flexibility index (Phi) is 10.1. The second-order valence-electron chi connectivity index (χ2n) is 1.53. The van der Waals surface area contributed by atoms with Crippen LogP contribution in [0.4, 0.5) is 0 Å². The third kappa shape index (κ3) is 17.7. The summed E-state index contributed by atoms with van der Waals surface area (Å²) in [5.74, 6) is -0.981. The fourth-order valence-electron chi connectivity index (χ4n) is 0.0745. The highest BCUT2D eigenvalue weighted by atomic mass is 16.4. The largest absolute Gasteiger partial charge is 0.478 e. The van der Waals surface area contributed by atoms with Crippen LogP contribution < -0.4 is 0 Å². The van der Waals surface area contributed by atoms with Crippen molar-refractivity contribution >= 4 is 5.97 Å². The van der Waals surface area contributed by atoms with E-state index in [1.54, 1.807) is 0 Å². The first-order valence-electron chi connectivity index (χ1n) is 2.85. The number of hydrogen-bond donors (Lipinski definition) is 3. The molecule has 0 radical (unpaired) electrons. The van der Waals surface area contributed by atoms with E-state index in [2.05, 4.69) is 13.2 Å². The molecule has 4 nitrogen and oxygen atoms in total. The lowest BCUT2D eigenvalue weighted by atomic mass is 10.4. The summed E-state index contributed by atoms with van der Waals surface area (Å²) >= 11 is 0. The maximum Gasteiger partial charge on any atom is 0.327 e. The molecule has 0 saturated carbocycles. The normalized spacial score (nSPS) is 10.4. The summed E-state index contributed by atoms with van der Waals surface area (Å²) in [6.07, 6.45) is 1.37. The van der Waals surface area contributed by atoms with Crippen LogP contribution in [0.5, 0.6) is 0 Å². The van der Waals surface area contributed by atoms with Crippen LogP contribution in [0.3, 0.4) is 0 Å². The van der Waals surface area contributed by atoms with Crippen LogP contribution in [-0.2, 0) is 4.79 Å². The molecule has 0 aromatic heterocycles. The molecule has 0 fully saturated rings. The van der Waals surface area contributed by atoms with Crippen molar-refractivity contribution in [2.75, 3.05) is 6.61 Å². The van der Waals surface area contributed by atoms with Crippen LogP contribution in [0.2, 0.25) is 0 Å². The summed E-state index contributed by atoms with van der Waals surface area (Å²) < 4.78 is 0. The number of aliphatic hydroxyl groups excluding tert-OH is 2. The molecule has 1 atom stereocenters. The Morgan fingerprint density at radius 3 is 1.91 bits per heavy atom. The van der Waals surface area contributed by atoms with Gasteiger partial charge in [0.05, 0.1) is 12.7 Å². The molecular weight excluding hydrogens is 148 g/mol. The Bertz CT molecular complexity index is 130. The van der Waals surface area contributed by atoms with E-state index in [1.807, 2.05) is 0 Å². The van der Waals surface area contributed by atoms with Gasteiger partial charge in [0.1, 0.15) is 0 Å². The number of aliphatic hydroxyl groups is 2. The summed E-state index contributed by atoms with van der Waals surface area (Å²) in [5, 5.41) is 23.9. The van der Waals surface area contributed by atoms with Gasteiger partial charge in [0.25, 0.3) is 0 Å². The van der Waals surface area contributed by atoms with Crippen LogP contribution in [-0.4, -0.2) is 34.0 Å². The highest BCUT2D eigenvalue weighted by molar-refractivity contribution is 5.78. The van der Waals surface area contributed by atoms with E-state index in [9.17, 15) is 4.79 Å². The average Bonchev–Trinajstić information content (AvgIpc) is 2.04. The Morgan fingerprint density at radius 1 is 1.55 bits per heavy atom. The van der Waals surface area contributed by atoms with Gasteiger partial charge in [-0.15, -0.1) is 6.58 Å². The first-order chi connectivity index (χ1) is 5.08. The zero-order chi connectivity index (χ0) is 9.28. The molecular formula is C7H12O4. The van der Waals surface area contributed by atoms with Crippen molar-refractivity contribution in [3.8, 4) is 0 Å². The van der Waals surface area contributed by atoms with Crippen molar-refractivity contribution in [1.82, 2.24) is 0 Å². The van der Waals surface area contributed by atoms with Gasteiger partial charge in [0.15, 0.2) is 0 Å². The van der Waals surface area contributed by atoms with E-state index in [0.29, 0.717) is 0 Å². The zero-order valence-electron chi connectivity index (χ0n) is 6.10. The molecule has 0 aliphatic rings. The summed E-state index contributed by atoms with van der Waals surface area (Å²) in [7, 11) is 0. The molecule has 1 unspecified atom stereocenters. The predicted molar refractivity (Wildman–Crippen MR) is 41.1 cm³/mol. The van der Waals surface area contributed by atoms with Gasteiger partial charge < -0.3 is 15.3 Å². The summed E-state index contributed by atoms with van der Waals surface area (Å²) in [6.45, 7) is 5.95. The van der Waals surface area contributed by atoms with Crippen LogP contribution in [0.1, 0.15) is 0 Å². The lowest BCUT2D eigenvalue weighted by Gasteiger charge is -1.93. The van der Waals surface area contributed by atoms with E-state index in [-0.39, 0.29) is 6.61 Å². The second kappa shape index (κ2) is 8.87. The molecule has 0 amide bonds. The average molecular weight is 160 g/mol. The molecule has 0 aliphatic heterocycles. The third-order valence-electron chi connectivity index (χ3n) is 0.634. The minimum atomic E-state index is -0.981. The smallest absolute Gasteiger partial charge is 0.327 e. The lowest BCUT2D eigenvalue weighted by Crippen LogP contribution is -2.05. The van der Waals surface area contributed by atoms with E-state index in [4.69, 9.17) is 15.3 Å². The Hall–Kier alpha value is -1.13. The zero-order valence-corrected chi connectivity index (χ0v) is 6.10. The minimum Gasteiger partial charge on any atom is -0.478 e. The van der Waals surface area contributed by atoms with E-state index < -0.39 is 12.1 Å². The lowest BCUT2D eigenvalue weighted by molar-refractivity contribution is -0.131. The number of rotatable bonds is 3. The van der Waals surface area contributed by atoms with E-state index >= 15 is 0 Å². The van der Waals surface area contributed by atoms with Gasteiger partial charge in [-0.1, -0.05) is 12.7 Å². The molecule has 4 heteroatoms. The van der Waals surface area contributed by atoms with Crippen molar-refractivity contribution in [2.45, 2.75) is 6.10 Å². The highest BCUT2D eigenvalue weighted by Gasteiger charge is 1.87. The van der Waals surface area contributed by atoms with Gasteiger partial charge in [-0.2, -0.15) is 0 Å². The Balaban J connectivity index is 0. The topological polar surface area (TPSA) is 77.8 Å². The van der Waals surface area contributed by atoms with Gasteiger partial charge in [-0.25, -0.2) is 4.79 Å². The highest BCUT2D eigenvalue weighted by Crippen LogP contribution is 1.75. The molecule has 0 bridgehead atoms. The van der Waals surface area contributed by atoms with Gasteiger partial charge in [0.2, 0.25) is 0 Å². The first kappa shape index (κ1) is 12.5. The molecule has 0 spiro atoms. The molecule has 0 aromatic rings. The summed E-state index contributed by atoms with van der Waals surface area (Å²) in [6, 6.07) is 0. The van der Waals surface area contributed by atoms with Gasteiger partial charge in [-0.05, 0) is 0 Å². The van der Waals surface area contributed by atoms with Crippen molar-refractivity contribution in [3.05, 3.63) is 25.3 Å². The second-order valence-corrected chi connectivity index (χ2v) is 1.53. The van der Waals surface area contributed by atoms with Crippen LogP contribution >= 0.6 is 0 Å². The molecule has 11 heavy (non-hydrogen) atoms. The van der Waals surface area contributed by atoms with Crippen molar-refractivity contribution in [1.29, 1.82) is 0 Å². The summed E-state index contributed by atoms with van der Waals surface area (Å²) in [4.78, 5) is 9.25. The standard InChI is InChI=1S/C4H8O2.C3H4O2/c1-2-4(6)3-5;1-2-3(4)5/h2,4-6H,1,3H2;2H,1H2,(H,4,5). The number of carboxylic acid groups (broad SMARTS) is 1. The van der Waals surface area contributed by atoms with Gasteiger partial charge in [0, 0.05) is 6.08 Å².